The fourth-order valence-electron chi connectivity index (χ4n) is 2.44. The highest BCUT2D eigenvalue weighted by Crippen LogP contribution is 2.20. The van der Waals surface area contributed by atoms with Crippen LogP contribution in [0.2, 0.25) is 0 Å². The summed E-state index contributed by atoms with van der Waals surface area (Å²) in [4.78, 5) is 23.1. The third-order valence-corrected chi connectivity index (χ3v) is 3.65. The van der Waals surface area contributed by atoms with Crippen LogP contribution in [-0.2, 0) is 9.53 Å². The Balaban J connectivity index is 1.87. The SMILES string of the molecule is CNC(=O)c1ccc(/C=C/C(=O)OC2CCCCC2)cc1. The van der Waals surface area contributed by atoms with Gasteiger partial charge in [-0.05, 0) is 49.5 Å². The number of carbonyl (C=O) groups excluding carboxylic acids is 2. The molecule has 0 spiro atoms. The first-order valence-electron chi connectivity index (χ1n) is 7.40. The average Bonchev–Trinajstić information content (AvgIpc) is 2.53. The van der Waals surface area contributed by atoms with Gasteiger partial charge in [0, 0.05) is 18.7 Å². The molecular weight excluding hydrogens is 266 g/mol. The molecule has 1 saturated carbocycles. The van der Waals surface area contributed by atoms with Crippen molar-refractivity contribution in [3.63, 3.8) is 0 Å². The van der Waals surface area contributed by atoms with Crippen LogP contribution in [0.25, 0.3) is 6.08 Å². The summed E-state index contributed by atoms with van der Waals surface area (Å²) in [5, 5.41) is 2.57. The predicted octanol–water partition coefficient (Wildman–Crippen LogP) is 2.94. The smallest absolute Gasteiger partial charge is 0.331 e. The summed E-state index contributed by atoms with van der Waals surface area (Å²) in [5.74, 6) is -0.417. The van der Waals surface area contributed by atoms with Gasteiger partial charge in [-0.15, -0.1) is 0 Å². The zero-order chi connectivity index (χ0) is 15.1. The Morgan fingerprint density at radius 1 is 1.14 bits per heavy atom. The minimum absolute atomic E-state index is 0.0755. The van der Waals surface area contributed by atoms with E-state index in [0.29, 0.717) is 5.56 Å². The molecular formula is C17H21NO3. The first-order valence-corrected chi connectivity index (χ1v) is 7.40. The van der Waals surface area contributed by atoms with Crippen LogP contribution < -0.4 is 5.32 Å². The van der Waals surface area contributed by atoms with Crippen LogP contribution in [0.15, 0.2) is 30.3 Å². The summed E-state index contributed by atoms with van der Waals surface area (Å²) >= 11 is 0. The van der Waals surface area contributed by atoms with E-state index in [1.807, 2.05) is 0 Å². The van der Waals surface area contributed by atoms with Crippen LogP contribution in [0, 0.1) is 0 Å². The van der Waals surface area contributed by atoms with E-state index < -0.39 is 0 Å². The molecule has 1 amide bonds. The molecule has 1 aromatic rings. The molecule has 0 aromatic heterocycles. The zero-order valence-electron chi connectivity index (χ0n) is 12.3. The normalized spacial score (nSPS) is 15.9. The van der Waals surface area contributed by atoms with E-state index in [2.05, 4.69) is 5.32 Å². The number of esters is 1. The highest BCUT2D eigenvalue weighted by molar-refractivity contribution is 5.94. The Kier molecular flexibility index (Phi) is 5.55. The quantitative estimate of drug-likeness (QED) is 0.684. The maximum atomic E-state index is 11.7. The molecule has 4 nitrogen and oxygen atoms in total. The second-order valence-corrected chi connectivity index (χ2v) is 5.23. The maximum Gasteiger partial charge on any atom is 0.331 e. The van der Waals surface area contributed by atoms with Crippen LogP contribution in [-0.4, -0.2) is 25.0 Å². The molecule has 0 bridgehead atoms. The number of ether oxygens (including phenoxy) is 1. The molecule has 1 fully saturated rings. The lowest BCUT2D eigenvalue weighted by atomic mass is 9.98. The van der Waals surface area contributed by atoms with Crippen LogP contribution in [0.5, 0.6) is 0 Å². The van der Waals surface area contributed by atoms with Crippen molar-refractivity contribution < 1.29 is 14.3 Å². The van der Waals surface area contributed by atoms with Crippen molar-refractivity contribution in [2.45, 2.75) is 38.2 Å². The van der Waals surface area contributed by atoms with Gasteiger partial charge in [-0.3, -0.25) is 4.79 Å². The van der Waals surface area contributed by atoms with Gasteiger partial charge in [0.2, 0.25) is 0 Å². The minimum Gasteiger partial charge on any atom is -0.459 e. The van der Waals surface area contributed by atoms with Gasteiger partial charge in [-0.1, -0.05) is 18.6 Å². The van der Waals surface area contributed by atoms with E-state index in [1.165, 1.54) is 12.5 Å². The van der Waals surface area contributed by atoms with E-state index in [0.717, 1.165) is 31.2 Å². The lowest BCUT2D eigenvalue weighted by Gasteiger charge is -2.20. The van der Waals surface area contributed by atoms with Crippen molar-refractivity contribution in [2.24, 2.45) is 0 Å². The van der Waals surface area contributed by atoms with E-state index in [9.17, 15) is 9.59 Å². The third-order valence-electron chi connectivity index (χ3n) is 3.65. The van der Waals surface area contributed by atoms with Crippen molar-refractivity contribution in [3.05, 3.63) is 41.5 Å². The van der Waals surface area contributed by atoms with Crippen LogP contribution in [0.1, 0.15) is 48.0 Å². The van der Waals surface area contributed by atoms with Gasteiger partial charge >= 0.3 is 5.97 Å². The Morgan fingerprint density at radius 3 is 2.43 bits per heavy atom. The van der Waals surface area contributed by atoms with Crippen LogP contribution >= 0.6 is 0 Å². The number of nitrogens with one attached hydrogen (secondary N) is 1. The number of hydrogen-bond donors (Lipinski definition) is 1. The van der Waals surface area contributed by atoms with Crippen molar-refractivity contribution >= 4 is 18.0 Å². The second kappa shape index (κ2) is 7.62. The molecule has 1 aliphatic carbocycles. The molecule has 2 rings (SSSR count). The van der Waals surface area contributed by atoms with Gasteiger partial charge < -0.3 is 10.1 Å². The Bertz CT molecular complexity index is 513. The van der Waals surface area contributed by atoms with Crippen molar-refractivity contribution in [1.29, 1.82) is 0 Å². The first-order chi connectivity index (χ1) is 10.2. The van der Waals surface area contributed by atoms with Crippen molar-refractivity contribution in [2.75, 3.05) is 7.05 Å². The summed E-state index contributed by atoms with van der Waals surface area (Å²) in [7, 11) is 1.59. The molecule has 21 heavy (non-hydrogen) atoms. The van der Waals surface area contributed by atoms with Crippen LogP contribution in [0.3, 0.4) is 0 Å². The van der Waals surface area contributed by atoms with Gasteiger partial charge in [0.05, 0.1) is 0 Å². The number of hydrogen-bond acceptors (Lipinski definition) is 3. The molecule has 112 valence electrons. The highest BCUT2D eigenvalue weighted by atomic mass is 16.5. The van der Waals surface area contributed by atoms with E-state index in [4.69, 9.17) is 4.74 Å². The fraction of sp³-hybridized carbons (Fsp3) is 0.412. The lowest BCUT2D eigenvalue weighted by Crippen LogP contribution is -2.19. The standard InChI is InChI=1S/C17H21NO3/c1-18-17(20)14-10-7-13(8-11-14)9-12-16(19)21-15-5-3-2-4-6-15/h7-12,15H,2-6H2,1H3,(H,18,20)/b12-9+. The van der Waals surface area contributed by atoms with Crippen molar-refractivity contribution in [3.8, 4) is 0 Å². The van der Waals surface area contributed by atoms with Gasteiger partial charge in [-0.25, -0.2) is 4.79 Å². The second-order valence-electron chi connectivity index (χ2n) is 5.23. The topological polar surface area (TPSA) is 55.4 Å². The third kappa shape index (κ3) is 4.74. The molecule has 0 saturated heterocycles. The Morgan fingerprint density at radius 2 is 1.81 bits per heavy atom. The molecule has 1 N–H and O–H groups in total. The predicted molar refractivity (Wildman–Crippen MR) is 81.8 cm³/mol. The first kappa shape index (κ1) is 15.3. The summed E-state index contributed by atoms with van der Waals surface area (Å²) in [6.45, 7) is 0. The van der Waals surface area contributed by atoms with Crippen LogP contribution in [0.4, 0.5) is 0 Å². The van der Waals surface area contributed by atoms with Gasteiger partial charge in [0.15, 0.2) is 0 Å². The molecule has 0 atom stereocenters. The Labute approximate surface area is 125 Å². The molecule has 0 aliphatic heterocycles. The average molecular weight is 287 g/mol. The maximum absolute atomic E-state index is 11.7. The molecule has 0 radical (unpaired) electrons. The molecule has 0 heterocycles. The summed E-state index contributed by atoms with van der Waals surface area (Å²) < 4.78 is 5.40. The molecule has 1 aliphatic rings. The monoisotopic (exact) mass is 287 g/mol. The molecule has 0 unspecified atom stereocenters. The largest absolute Gasteiger partial charge is 0.459 e. The van der Waals surface area contributed by atoms with E-state index in [-0.39, 0.29) is 18.0 Å². The molecule has 1 aromatic carbocycles. The van der Waals surface area contributed by atoms with E-state index in [1.54, 1.807) is 37.4 Å². The number of carbonyl (C=O) groups is 2. The summed E-state index contributed by atoms with van der Waals surface area (Å²) in [5.41, 5.74) is 1.46. The number of rotatable bonds is 4. The summed E-state index contributed by atoms with van der Waals surface area (Å²) in [6, 6.07) is 7.06. The Hall–Kier alpha value is -2.10. The lowest BCUT2D eigenvalue weighted by molar-refractivity contribution is -0.144. The number of amides is 1. The van der Waals surface area contributed by atoms with Gasteiger partial charge in [0.25, 0.3) is 5.91 Å². The van der Waals surface area contributed by atoms with E-state index >= 15 is 0 Å². The highest BCUT2D eigenvalue weighted by Gasteiger charge is 2.16. The fourth-order valence-corrected chi connectivity index (χ4v) is 2.44. The number of benzene rings is 1. The van der Waals surface area contributed by atoms with Gasteiger partial charge in [-0.2, -0.15) is 0 Å². The zero-order valence-corrected chi connectivity index (χ0v) is 12.3. The molecule has 4 heteroatoms. The van der Waals surface area contributed by atoms with Gasteiger partial charge in [0.1, 0.15) is 6.10 Å². The minimum atomic E-state index is -0.294. The van der Waals surface area contributed by atoms with Crippen molar-refractivity contribution in [1.82, 2.24) is 5.32 Å². The summed E-state index contributed by atoms with van der Waals surface area (Å²) in [6.07, 6.45) is 8.70.